The molecule has 5 nitrogen and oxygen atoms in total. The molecule has 1 aromatic rings. The smallest absolute Gasteiger partial charge is 0.475 e. The summed E-state index contributed by atoms with van der Waals surface area (Å²) in [7, 11) is 0. The summed E-state index contributed by atoms with van der Waals surface area (Å²) in [5.41, 5.74) is 1.17. The lowest BCUT2D eigenvalue weighted by atomic mass is 10.1. The van der Waals surface area contributed by atoms with Gasteiger partial charge in [-0.1, -0.05) is 12.1 Å². The van der Waals surface area contributed by atoms with Crippen molar-refractivity contribution in [1.29, 1.82) is 0 Å². The third-order valence-electron chi connectivity index (χ3n) is 5.43. The second kappa shape index (κ2) is 9.40. The molecule has 1 N–H and O–H groups in total. The van der Waals surface area contributed by atoms with Crippen LogP contribution in [-0.4, -0.2) is 60.2 Å². The Bertz CT molecular complexity index is 678. The van der Waals surface area contributed by atoms with Crippen LogP contribution in [0.2, 0.25) is 0 Å². The third-order valence-corrected chi connectivity index (χ3v) is 5.43. The number of ether oxygens (including phenoxy) is 2. The first-order chi connectivity index (χ1) is 13.7. The summed E-state index contributed by atoms with van der Waals surface area (Å²) in [5.74, 6) is -2.12. The zero-order valence-corrected chi connectivity index (χ0v) is 15.9. The maximum atomic E-state index is 13.0. The molecule has 9 heteroatoms. The number of morpholine rings is 1. The Hall–Kier alpha value is -1.71. The number of aliphatic carboxylic acids is 1. The first-order valence-electron chi connectivity index (χ1n) is 9.76. The lowest BCUT2D eigenvalue weighted by Crippen LogP contribution is -2.51. The van der Waals surface area contributed by atoms with Gasteiger partial charge in [0.2, 0.25) is 0 Å². The normalized spacial score (nSPS) is 27.1. The van der Waals surface area contributed by atoms with Crippen molar-refractivity contribution in [1.82, 2.24) is 4.90 Å². The van der Waals surface area contributed by atoms with Crippen molar-refractivity contribution in [2.45, 2.75) is 56.7 Å². The average Bonchev–Trinajstić information content (AvgIpc) is 3.40. The number of carbonyl (C=O) groups is 1. The second-order valence-electron chi connectivity index (χ2n) is 7.70. The maximum absolute atomic E-state index is 13.0. The quantitative estimate of drug-likeness (QED) is 0.739. The lowest BCUT2D eigenvalue weighted by molar-refractivity contribution is -0.192. The monoisotopic (exact) mass is 419 g/mol. The molecule has 1 aliphatic heterocycles. The van der Waals surface area contributed by atoms with Gasteiger partial charge in [-0.15, -0.1) is 0 Å². The van der Waals surface area contributed by atoms with Gasteiger partial charge in [-0.2, -0.15) is 13.2 Å². The number of fused-ring (bicyclic) bond motifs is 1. The van der Waals surface area contributed by atoms with E-state index in [2.05, 4.69) is 4.90 Å². The van der Waals surface area contributed by atoms with Gasteiger partial charge in [-0.3, -0.25) is 4.90 Å². The number of hydrogen-bond acceptors (Lipinski definition) is 4. The first-order valence-corrected chi connectivity index (χ1v) is 9.76. The van der Waals surface area contributed by atoms with Gasteiger partial charge in [0.25, 0.3) is 0 Å². The molecule has 0 amide bonds. The minimum absolute atomic E-state index is 0.169. The number of alkyl halides is 3. The number of halogens is 4. The maximum Gasteiger partial charge on any atom is 0.490 e. The number of carboxylic acids is 1. The van der Waals surface area contributed by atoms with Crippen LogP contribution >= 0.6 is 0 Å². The van der Waals surface area contributed by atoms with E-state index in [4.69, 9.17) is 19.4 Å². The predicted octanol–water partition coefficient (Wildman–Crippen LogP) is 3.62. The summed E-state index contributed by atoms with van der Waals surface area (Å²) in [6.45, 7) is 3.51. The number of rotatable bonds is 5. The van der Waals surface area contributed by atoms with Crippen LogP contribution in [0.3, 0.4) is 0 Å². The van der Waals surface area contributed by atoms with E-state index >= 15 is 0 Å². The number of benzene rings is 1. The fraction of sp³-hybridized carbons (Fsp3) is 0.650. The van der Waals surface area contributed by atoms with Gasteiger partial charge in [-0.05, 0) is 49.3 Å². The third kappa shape index (κ3) is 6.38. The molecule has 162 valence electrons. The molecule has 3 atom stereocenters. The molecule has 2 saturated carbocycles. The van der Waals surface area contributed by atoms with Crippen LogP contribution in [0.4, 0.5) is 17.6 Å². The largest absolute Gasteiger partial charge is 0.490 e. The van der Waals surface area contributed by atoms with Gasteiger partial charge in [0.05, 0.1) is 18.8 Å². The van der Waals surface area contributed by atoms with Crippen molar-refractivity contribution < 1.29 is 36.9 Å². The molecule has 0 radical (unpaired) electrons. The van der Waals surface area contributed by atoms with E-state index < -0.39 is 12.1 Å². The molecule has 1 heterocycles. The highest BCUT2D eigenvalue weighted by atomic mass is 19.4. The molecule has 4 rings (SSSR count). The van der Waals surface area contributed by atoms with E-state index in [0.717, 1.165) is 45.1 Å². The van der Waals surface area contributed by atoms with Crippen LogP contribution in [0.15, 0.2) is 24.3 Å². The Balaban J connectivity index is 0.000000298. The molecule has 2 aliphatic carbocycles. The molecular formula is C20H25F4NO4. The van der Waals surface area contributed by atoms with Crippen LogP contribution in [0.1, 0.15) is 31.2 Å². The average molecular weight is 419 g/mol. The van der Waals surface area contributed by atoms with E-state index in [0.29, 0.717) is 6.04 Å². The molecule has 29 heavy (non-hydrogen) atoms. The number of nitrogens with zero attached hydrogens (tertiary/aromatic N) is 1. The molecule has 0 aromatic heterocycles. The summed E-state index contributed by atoms with van der Waals surface area (Å²) in [6.07, 6.45) is 0.300. The van der Waals surface area contributed by atoms with Crippen LogP contribution in [-0.2, 0) is 20.8 Å². The van der Waals surface area contributed by atoms with Crippen LogP contribution in [0, 0.1) is 11.7 Å². The summed E-state index contributed by atoms with van der Waals surface area (Å²) in [6, 6.07) is 7.31. The summed E-state index contributed by atoms with van der Waals surface area (Å²) in [4.78, 5) is 11.4. The van der Waals surface area contributed by atoms with E-state index in [1.807, 2.05) is 12.1 Å². The van der Waals surface area contributed by atoms with Gasteiger partial charge in [0, 0.05) is 25.7 Å². The first kappa shape index (κ1) is 22.0. The second-order valence-corrected chi connectivity index (χ2v) is 7.70. The Morgan fingerprint density at radius 3 is 2.41 bits per heavy atom. The Morgan fingerprint density at radius 2 is 1.83 bits per heavy atom. The van der Waals surface area contributed by atoms with Gasteiger partial charge < -0.3 is 14.6 Å². The number of hydrogen-bond donors (Lipinski definition) is 1. The van der Waals surface area contributed by atoms with Crippen molar-refractivity contribution in [3.05, 3.63) is 35.6 Å². The summed E-state index contributed by atoms with van der Waals surface area (Å²) in [5, 5.41) is 7.12. The molecule has 3 aliphatic rings. The van der Waals surface area contributed by atoms with Crippen molar-refractivity contribution in [3.8, 4) is 0 Å². The highest BCUT2D eigenvalue weighted by Crippen LogP contribution is 2.35. The Labute approximate surface area is 166 Å². The van der Waals surface area contributed by atoms with Crippen molar-refractivity contribution in [2.75, 3.05) is 19.8 Å². The number of carboxylic acid groups (broad SMARTS) is 1. The van der Waals surface area contributed by atoms with Crippen LogP contribution in [0.5, 0.6) is 0 Å². The zero-order valence-electron chi connectivity index (χ0n) is 15.9. The highest BCUT2D eigenvalue weighted by molar-refractivity contribution is 5.73. The minimum atomic E-state index is -5.08. The zero-order chi connectivity index (χ0) is 21.0. The molecule has 3 fully saturated rings. The molecule has 1 saturated heterocycles. The highest BCUT2D eigenvalue weighted by Gasteiger charge is 2.43. The van der Waals surface area contributed by atoms with Gasteiger partial charge in [0.15, 0.2) is 0 Å². The van der Waals surface area contributed by atoms with Crippen LogP contribution < -0.4 is 0 Å². The van der Waals surface area contributed by atoms with Crippen LogP contribution in [0.25, 0.3) is 0 Å². The molecular weight excluding hydrogens is 394 g/mol. The summed E-state index contributed by atoms with van der Waals surface area (Å²) < 4.78 is 56.9. The minimum Gasteiger partial charge on any atom is -0.475 e. The predicted molar refractivity (Wildman–Crippen MR) is 95.7 cm³/mol. The molecule has 1 aromatic carbocycles. The van der Waals surface area contributed by atoms with E-state index in [-0.39, 0.29) is 18.0 Å². The lowest BCUT2D eigenvalue weighted by Gasteiger charge is -2.39. The Kier molecular flexibility index (Phi) is 7.13. The topological polar surface area (TPSA) is 59.0 Å². The van der Waals surface area contributed by atoms with E-state index in [9.17, 15) is 17.6 Å². The van der Waals surface area contributed by atoms with Crippen molar-refractivity contribution in [3.63, 3.8) is 0 Å². The fourth-order valence-corrected chi connectivity index (χ4v) is 3.73. The van der Waals surface area contributed by atoms with Crippen molar-refractivity contribution >= 4 is 5.97 Å². The fourth-order valence-electron chi connectivity index (χ4n) is 3.73. The van der Waals surface area contributed by atoms with E-state index in [1.165, 1.54) is 18.4 Å². The van der Waals surface area contributed by atoms with Gasteiger partial charge in [0.1, 0.15) is 5.82 Å². The van der Waals surface area contributed by atoms with Crippen molar-refractivity contribution in [2.24, 2.45) is 5.92 Å². The van der Waals surface area contributed by atoms with E-state index in [1.54, 1.807) is 12.1 Å². The van der Waals surface area contributed by atoms with Gasteiger partial charge in [-0.25, -0.2) is 9.18 Å². The molecule has 0 spiro atoms. The molecule has 0 unspecified atom stereocenters. The molecule has 0 bridgehead atoms. The SMILES string of the molecule is Fc1ccc(CN2CCO[C@H]3[C@H](OCC4CC4)CC[C@@H]32)cc1.O=C(O)C(F)(F)F. The standard InChI is InChI=1S/C18H24FNO2.C2HF3O2/c19-15-5-3-13(4-6-15)11-20-9-10-21-18-16(20)7-8-17(18)22-12-14-1-2-14;3-2(4,5)1(6)7/h3-6,14,16-18H,1-2,7-12H2;(H,6,7)/t16-,17+,18+;/m0./s1. The van der Waals surface area contributed by atoms with Gasteiger partial charge >= 0.3 is 12.1 Å². The Morgan fingerprint density at radius 1 is 1.17 bits per heavy atom. The summed E-state index contributed by atoms with van der Waals surface area (Å²) >= 11 is 0.